The predicted octanol–water partition coefficient (Wildman–Crippen LogP) is 0.984. The van der Waals surface area contributed by atoms with Crippen LogP contribution in [0.3, 0.4) is 0 Å². The summed E-state index contributed by atoms with van der Waals surface area (Å²) < 4.78 is 38.9. The molecule has 0 aliphatic carbocycles. The average molecular weight is 325 g/mol. The zero-order valence-corrected chi connectivity index (χ0v) is 13.5. The second-order valence-electron chi connectivity index (χ2n) is 4.63. The molecule has 22 heavy (non-hydrogen) atoms. The Kier molecular flexibility index (Phi) is 5.30. The Bertz CT molecular complexity index is 709. The van der Waals surface area contributed by atoms with Crippen molar-refractivity contribution in [2.75, 3.05) is 20.8 Å². The van der Waals surface area contributed by atoms with E-state index in [0.717, 1.165) is 5.56 Å². The number of aryl methyl sites for hydroxylation is 1. The number of hydrogen-bond acceptors (Lipinski definition) is 5. The molecule has 7 nitrogen and oxygen atoms in total. The lowest BCUT2D eigenvalue weighted by Crippen LogP contribution is -2.34. The number of nitrogens with zero attached hydrogens (tertiary/aromatic N) is 2. The fourth-order valence-corrected chi connectivity index (χ4v) is 3.19. The van der Waals surface area contributed by atoms with Crippen molar-refractivity contribution in [3.63, 3.8) is 0 Å². The Labute approximate surface area is 129 Å². The Morgan fingerprint density at radius 1 is 1.23 bits per heavy atom. The summed E-state index contributed by atoms with van der Waals surface area (Å²) in [4.78, 5) is 0.118. The smallest absolute Gasteiger partial charge is 0.244 e. The molecule has 1 aromatic heterocycles. The normalized spacial score (nSPS) is 12.0. The maximum absolute atomic E-state index is 12.5. The lowest BCUT2D eigenvalue weighted by atomic mass is 10.2. The number of ether oxygens (including phenoxy) is 2. The van der Waals surface area contributed by atoms with Gasteiger partial charge in [0.05, 0.1) is 6.54 Å². The van der Waals surface area contributed by atoms with Crippen LogP contribution in [0.4, 0.5) is 0 Å². The Morgan fingerprint density at radius 2 is 1.86 bits per heavy atom. The van der Waals surface area contributed by atoms with Crippen LogP contribution in [0.2, 0.25) is 0 Å². The van der Waals surface area contributed by atoms with Crippen molar-refractivity contribution >= 4 is 10.0 Å². The van der Waals surface area contributed by atoms with E-state index in [1.165, 1.54) is 25.1 Å². The molecule has 1 N–H and O–H groups in total. The second kappa shape index (κ2) is 7.01. The van der Waals surface area contributed by atoms with E-state index in [1.807, 2.05) is 30.3 Å². The van der Waals surface area contributed by atoms with Gasteiger partial charge in [0.15, 0.2) is 6.29 Å². The molecular formula is C14H19N3O4S. The summed E-state index contributed by atoms with van der Waals surface area (Å²) in [7, 11) is 0.845. The van der Waals surface area contributed by atoms with E-state index in [-0.39, 0.29) is 11.4 Å². The van der Waals surface area contributed by atoms with Crippen LogP contribution in [0.5, 0.6) is 0 Å². The number of hydrogen-bond donors (Lipinski definition) is 1. The summed E-state index contributed by atoms with van der Waals surface area (Å²) in [6, 6.07) is 9.16. The fraction of sp³-hybridized carbons (Fsp3) is 0.357. The molecule has 0 aliphatic heterocycles. The monoisotopic (exact) mass is 325 g/mol. The molecule has 0 aliphatic rings. The first kappa shape index (κ1) is 16.6. The molecule has 0 radical (unpaired) electrons. The van der Waals surface area contributed by atoms with Crippen LogP contribution >= 0.6 is 0 Å². The molecule has 0 atom stereocenters. The van der Waals surface area contributed by atoms with Crippen molar-refractivity contribution in [1.29, 1.82) is 0 Å². The van der Waals surface area contributed by atoms with Crippen molar-refractivity contribution in [3.8, 4) is 11.3 Å². The summed E-state index contributed by atoms with van der Waals surface area (Å²) in [5, 5.41) is 4.25. The highest BCUT2D eigenvalue weighted by Crippen LogP contribution is 2.25. The molecule has 0 unspecified atom stereocenters. The summed E-state index contributed by atoms with van der Waals surface area (Å²) >= 11 is 0. The maximum Gasteiger partial charge on any atom is 0.244 e. The fourth-order valence-electron chi connectivity index (χ4n) is 1.98. The standard InChI is InChI=1S/C14H19N3O4S/c1-17-10-12(14(16-17)11-7-5-4-6-8-11)22(18,19)15-9-13(20-2)21-3/h4-8,10,13,15H,9H2,1-3H3. The van der Waals surface area contributed by atoms with Gasteiger partial charge in [-0.1, -0.05) is 30.3 Å². The van der Waals surface area contributed by atoms with Crippen molar-refractivity contribution in [2.45, 2.75) is 11.2 Å². The third kappa shape index (κ3) is 3.72. The molecule has 0 fully saturated rings. The van der Waals surface area contributed by atoms with Crippen LogP contribution in [0.25, 0.3) is 11.3 Å². The highest BCUT2D eigenvalue weighted by molar-refractivity contribution is 7.89. The zero-order chi connectivity index (χ0) is 16.2. The van der Waals surface area contributed by atoms with Crippen LogP contribution in [0.15, 0.2) is 41.4 Å². The molecule has 0 bridgehead atoms. The first-order valence-electron chi connectivity index (χ1n) is 6.62. The van der Waals surface area contributed by atoms with Crippen molar-refractivity contribution in [2.24, 2.45) is 7.05 Å². The Hall–Kier alpha value is -1.74. The van der Waals surface area contributed by atoms with Crippen LogP contribution in [-0.2, 0) is 26.5 Å². The summed E-state index contributed by atoms with van der Waals surface area (Å²) in [6.07, 6.45) is 0.825. The zero-order valence-electron chi connectivity index (χ0n) is 12.7. The van der Waals surface area contributed by atoms with Gasteiger partial charge in [0.2, 0.25) is 10.0 Å². The van der Waals surface area contributed by atoms with Gasteiger partial charge in [-0.3, -0.25) is 4.68 Å². The van der Waals surface area contributed by atoms with Gasteiger partial charge in [-0.15, -0.1) is 0 Å². The number of aromatic nitrogens is 2. The molecule has 0 saturated heterocycles. The molecule has 2 rings (SSSR count). The minimum atomic E-state index is -3.73. The minimum absolute atomic E-state index is 0.0124. The molecule has 0 saturated carbocycles. The Morgan fingerprint density at radius 3 is 2.45 bits per heavy atom. The van der Waals surface area contributed by atoms with Crippen LogP contribution < -0.4 is 4.72 Å². The lowest BCUT2D eigenvalue weighted by molar-refractivity contribution is -0.0960. The van der Waals surface area contributed by atoms with Gasteiger partial charge in [-0.05, 0) is 0 Å². The molecular weight excluding hydrogens is 306 g/mol. The van der Waals surface area contributed by atoms with Crippen molar-refractivity contribution in [3.05, 3.63) is 36.5 Å². The number of benzene rings is 1. The van der Waals surface area contributed by atoms with Gasteiger partial charge in [-0.2, -0.15) is 5.10 Å². The average Bonchev–Trinajstić information content (AvgIpc) is 2.92. The third-order valence-corrected chi connectivity index (χ3v) is 4.52. The first-order chi connectivity index (χ1) is 10.5. The van der Waals surface area contributed by atoms with Crippen LogP contribution in [0.1, 0.15) is 0 Å². The van der Waals surface area contributed by atoms with E-state index < -0.39 is 16.3 Å². The molecule has 8 heteroatoms. The number of nitrogens with one attached hydrogen (secondary N) is 1. The highest BCUT2D eigenvalue weighted by Gasteiger charge is 2.24. The van der Waals surface area contributed by atoms with Crippen LogP contribution in [0, 0.1) is 0 Å². The van der Waals surface area contributed by atoms with E-state index in [1.54, 1.807) is 7.05 Å². The second-order valence-corrected chi connectivity index (χ2v) is 6.37. The number of methoxy groups -OCH3 is 2. The van der Waals surface area contributed by atoms with Crippen LogP contribution in [-0.4, -0.2) is 45.3 Å². The van der Waals surface area contributed by atoms with Gasteiger partial charge in [0.25, 0.3) is 0 Å². The summed E-state index contributed by atoms with van der Waals surface area (Å²) in [5.74, 6) is 0. The van der Waals surface area contributed by atoms with Gasteiger partial charge in [0.1, 0.15) is 10.6 Å². The van der Waals surface area contributed by atoms with Gasteiger partial charge in [0, 0.05) is 33.0 Å². The molecule has 0 amide bonds. The number of sulfonamides is 1. The minimum Gasteiger partial charge on any atom is -0.355 e. The van der Waals surface area contributed by atoms with E-state index in [9.17, 15) is 8.42 Å². The SMILES string of the molecule is COC(CNS(=O)(=O)c1cn(C)nc1-c1ccccc1)OC. The van der Waals surface area contributed by atoms with Gasteiger partial charge in [-0.25, -0.2) is 13.1 Å². The molecule has 120 valence electrons. The third-order valence-electron chi connectivity index (χ3n) is 3.10. The molecule has 1 heterocycles. The number of rotatable bonds is 7. The lowest BCUT2D eigenvalue weighted by Gasteiger charge is -2.14. The van der Waals surface area contributed by atoms with Crippen molar-refractivity contribution < 1.29 is 17.9 Å². The molecule has 0 spiro atoms. The first-order valence-corrected chi connectivity index (χ1v) is 8.10. The summed E-state index contributed by atoms with van der Waals surface area (Å²) in [5.41, 5.74) is 1.14. The topological polar surface area (TPSA) is 82.5 Å². The van der Waals surface area contributed by atoms with Gasteiger partial charge < -0.3 is 9.47 Å². The maximum atomic E-state index is 12.5. The quantitative estimate of drug-likeness (QED) is 0.768. The summed E-state index contributed by atoms with van der Waals surface area (Å²) in [6.45, 7) is 0.0124. The largest absolute Gasteiger partial charge is 0.355 e. The van der Waals surface area contributed by atoms with E-state index in [2.05, 4.69) is 9.82 Å². The molecule has 2 aromatic rings. The van der Waals surface area contributed by atoms with Crippen molar-refractivity contribution in [1.82, 2.24) is 14.5 Å². The van der Waals surface area contributed by atoms with Gasteiger partial charge >= 0.3 is 0 Å². The Balaban J connectivity index is 2.32. The van der Waals surface area contributed by atoms with E-state index in [0.29, 0.717) is 5.69 Å². The molecule has 1 aromatic carbocycles. The highest BCUT2D eigenvalue weighted by atomic mass is 32.2. The van der Waals surface area contributed by atoms with E-state index >= 15 is 0 Å². The van der Waals surface area contributed by atoms with E-state index in [4.69, 9.17) is 9.47 Å². The predicted molar refractivity (Wildman–Crippen MR) is 81.6 cm³/mol.